The molecule has 0 saturated heterocycles. The number of pyridine rings is 2. The summed E-state index contributed by atoms with van der Waals surface area (Å²) in [5.41, 5.74) is 10.1. The summed E-state index contributed by atoms with van der Waals surface area (Å²) in [5, 5.41) is 6.36. The fraction of sp³-hybridized carbons (Fsp3) is 0.323. The number of aromatic nitrogens is 2. The van der Waals surface area contributed by atoms with Crippen molar-refractivity contribution in [2.24, 2.45) is 5.41 Å². The molecule has 0 aliphatic rings. The molecule has 0 atom stereocenters. The Morgan fingerprint density at radius 2 is 1.38 bits per heavy atom. The van der Waals surface area contributed by atoms with Crippen LogP contribution in [-0.4, -0.2) is 9.97 Å². The average Bonchev–Trinajstić information content (AvgIpc) is 3.69. The van der Waals surface area contributed by atoms with Crippen LogP contribution in [0.3, 0.4) is 0 Å². The summed E-state index contributed by atoms with van der Waals surface area (Å²) >= 11 is 0. The third kappa shape index (κ3) is 9.97. The number of benzene rings is 6. The zero-order valence-corrected chi connectivity index (χ0v) is 42.7. The van der Waals surface area contributed by atoms with Gasteiger partial charge in [-0.1, -0.05) is 173 Å². The molecule has 0 N–H and O–H groups in total. The van der Waals surface area contributed by atoms with Crippen LogP contribution in [0.25, 0.3) is 77.1 Å². The first-order chi connectivity index (χ1) is 34.0. The summed E-state index contributed by atoms with van der Waals surface area (Å²) in [6.45, 7) is 20.2. The number of fused-ring (bicyclic) bond motifs is 6. The molecule has 341 valence electrons. The molecule has 0 bridgehead atoms. The Morgan fingerprint density at radius 3 is 2.05 bits per heavy atom. The molecule has 9 rings (SSSR count). The molecule has 0 unspecified atom stereocenters. The molecule has 0 saturated carbocycles. The van der Waals surface area contributed by atoms with Gasteiger partial charge < -0.3 is 14.4 Å². The second kappa shape index (κ2) is 19.1. The van der Waals surface area contributed by atoms with Crippen molar-refractivity contribution in [2.45, 2.75) is 126 Å². The molecule has 6 aromatic carbocycles. The monoisotopic (exact) mass is 1060 g/mol. The molecule has 3 aromatic heterocycles. The second-order valence-electron chi connectivity index (χ2n) is 20.4. The van der Waals surface area contributed by atoms with Crippen molar-refractivity contribution in [2.75, 3.05) is 0 Å². The van der Waals surface area contributed by atoms with Gasteiger partial charge in [-0.2, -0.15) is 0 Å². The molecule has 1 radical (unpaired) electrons. The van der Waals surface area contributed by atoms with Crippen molar-refractivity contribution in [1.82, 2.24) is 9.97 Å². The van der Waals surface area contributed by atoms with E-state index in [2.05, 4.69) is 139 Å². The summed E-state index contributed by atoms with van der Waals surface area (Å²) in [6.07, 6.45) is 1.18. The number of rotatable bonds is 7. The fourth-order valence-electron chi connectivity index (χ4n) is 8.69. The maximum atomic E-state index is 8.85. The summed E-state index contributed by atoms with van der Waals surface area (Å²) < 4.78 is 73.1. The maximum Gasteiger partial charge on any atom is 0.121 e. The fourth-order valence-corrected chi connectivity index (χ4v) is 8.69. The smallest absolute Gasteiger partial charge is 0.121 e. The van der Waals surface area contributed by atoms with Crippen molar-refractivity contribution < 1.29 is 35.5 Å². The zero-order chi connectivity index (χ0) is 53.3. The van der Waals surface area contributed by atoms with Gasteiger partial charge in [-0.25, -0.2) is 0 Å². The largest absolute Gasteiger partial charge is 0.501 e. The van der Waals surface area contributed by atoms with E-state index in [-0.39, 0.29) is 48.5 Å². The first kappa shape index (κ1) is 38.7. The van der Waals surface area contributed by atoms with E-state index in [0.29, 0.717) is 28.3 Å². The number of hydrogen-bond acceptors (Lipinski definition) is 3. The summed E-state index contributed by atoms with van der Waals surface area (Å²) in [6, 6.07) is 40.8. The van der Waals surface area contributed by atoms with Gasteiger partial charge in [0.25, 0.3) is 0 Å². The zero-order valence-electron chi connectivity index (χ0n) is 48.3. The van der Waals surface area contributed by atoms with E-state index in [0.717, 1.165) is 60.3 Å². The second-order valence-corrected chi connectivity index (χ2v) is 20.4. The number of aryl methyl sites for hydroxylation is 2. The van der Waals surface area contributed by atoms with Gasteiger partial charge in [0.2, 0.25) is 0 Å². The van der Waals surface area contributed by atoms with Gasteiger partial charge in [-0.3, -0.25) is 0 Å². The van der Waals surface area contributed by atoms with E-state index in [1.54, 1.807) is 39.0 Å². The van der Waals surface area contributed by atoms with E-state index in [1.165, 1.54) is 28.5 Å². The van der Waals surface area contributed by atoms with Crippen molar-refractivity contribution >= 4 is 43.5 Å². The van der Waals surface area contributed by atoms with Crippen molar-refractivity contribution in [3.63, 3.8) is 0 Å². The van der Waals surface area contributed by atoms with E-state index in [9.17, 15) is 0 Å². The number of furan rings is 1. The predicted octanol–water partition coefficient (Wildman–Crippen LogP) is 17.8. The SMILES string of the molecule is [2H]C([2H])([2H])c1c[c-]c(-c2cc(C(C)(C)C)ccn2)cc1-c1c(C(C)C)cc(C(C)C)cc1C(C)C.[2H]C([2H])([2H])c1cnc(-c2[c-]ccc3c2oc2cc4c(ccc5ccccc54)cc23)cc1C([2H])([2H])C(C)(C)C.[Ir]. The Labute approximate surface area is 419 Å². The average molecular weight is 1060 g/mol. The van der Waals surface area contributed by atoms with Crippen LogP contribution in [0.2, 0.25) is 0 Å². The van der Waals surface area contributed by atoms with Crippen LogP contribution in [0, 0.1) is 31.3 Å². The maximum absolute atomic E-state index is 8.85. The van der Waals surface area contributed by atoms with E-state index in [1.807, 2.05) is 36.5 Å². The van der Waals surface area contributed by atoms with Crippen LogP contribution < -0.4 is 0 Å². The molecule has 0 amide bonds. The normalized spacial score (nSPS) is 14.5. The van der Waals surface area contributed by atoms with Gasteiger partial charge in [-0.05, 0) is 126 Å². The molecule has 0 aliphatic heterocycles. The van der Waals surface area contributed by atoms with Crippen molar-refractivity contribution in [1.29, 1.82) is 0 Å². The minimum Gasteiger partial charge on any atom is -0.501 e. The molecule has 66 heavy (non-hydrogen) atoms. The van der Waals surface area contributed by atoms with Crippen LogP contribution in [0.1, 0.15) is 151 Å². The molecule has 3 heterocycles. The third-order valence-corrected chi connectivity index (χ3v) is 12.2. The Kier molecular flexibility index (Phi) is 11.2. The van der Waals surface area contributed by atoms with Crippen LogP contribution in [0.4, 0.5) is 0 Å². The van der Waals surface area contributed by atoms with Gasteiger partial charge in [-0.15, -0.1) is 47.5 Å². The standard InChI is InChI=1S/C31H26NO.C31H40N.Ir/c1-19-18-32-28(15-22(19)17-31(2,3)4)25-11-7-10-24-27-14-21-13-12-20-8-5-6-9-23(20)26(21)16-29(27)33-30(24)25;1-19(2)24-16-26(20(3)4)30(27(17-24)21(5)6)28-15-23(12-11-22(28)7)29-18-25(13-14-32-29)31(8,9)10;/h5-10,12-16,18H,17H2,1-4H3;11,13-21H,1-10H3;/q2*-1;/i1D3,17D2;7D3;. The van der Waals surface area contributed by atoms with E-state index in [4.69, 9.17) is 15.4 Å². The Hall–Kier alpha value is -5.41. The minimum absolute atomic E-state index is 0. The van der Waals surface area contributed by atoms with Gasteiger partial charge in [0, 0.05) is 48.9 Å². The van der Waals surface area contributed by atoms with Crippen LogP contribution >= 0.6 is 0 Å². The van der Waals surface area contributed by atoms with Gasteiger partial charge in [0.15, 0.2) is 0 Å². The van der Waals surface area contributed by atoms with Crippen LogP contribution in [0.5, 0.6) is 0 Å². The first-order valence-corrected chi connectivity index (χ1v) is 22.9. The topological polar surface area (TPSA) is 38.9 Å². The summed E-state index contributed by atoms with van der Waals surface area (Å²) in [5.74, 6) is 0.895. The first-order valence-electron chi connectivity index (χ1n) is 26.9. The van der Waals surface area contributed by atoms with E-state index < -0.39 is 25.5 Å². The van der Waals surface area contributed by atoms with Gasteiger partial charge in [0.1, 0.15) is 5.58 Å². The number of nitrogens with zero attached hydrogens (tertiary/aromatic N) is 2. The molecule has 3 nitrogen and oxygen atoms in total. The van der Waals surface area contributed by atoms with Crippen LogP contribution in [0.15, 0.2) is 120 Å². The van der Waals surface area contributed by atoms with E-state index >= 15 is 0 Å². The third-order valence-electron chi connectivity index (χ3n) is 12.2. The molecule has 0 aliphatic carbocycles. The van der Waals surface area contributed by atoms with Gasteiger partial charge in [0.05, 0.1) is 5.58 Å². The molecule has 0 fully saturated rings. The Morgan fingerprint density at radius 1 is 0.667 bits per heavy atom. The molecule has 9 aromatic rings. The summed E-state index contributed by atoms with van der Waals surface area (Å²) in [4.78, 5) is 9.10. The van der Waals surface area contributed by atoms with Crippen molar-refractivity contribution in [3.05, 3.63) is 167 Å². The van der Waals surface area contributed by atoms with Gasteiger partial charge >= 0.3 is 0 Å². The Balaban J connectivity index is 0.000000214. The quantitative estimate of drug-likeness (QED) is 0.118. The number of hydrogen-bond donors (Lipinski definition) is 0. The van der Waals surface area contributed by atoms with Crippen molar-refractivity contribution in [3.8, 4) is 33.6 Å². The molecular formula is C62H66IrN2O-2. The predicted molar refractivity (Wildman–Crippen MR) is 278 cm³/mol. The van der Waals surface area contributed by atoms with Crippen LogP contribution in [-0.2, 0) is 31.9 Å². The molecule has 4 heteroatoms. The molecular weight excluding hydrogens is 981 g/mol. The molecule has 0 spiro atoms. The summed E-state index contributed by atoms with van der Waals surface area (Å²) in [7, 11) is 0. The Bertz CT molecular complexity index is 3510. The minimum atomic E-state index is -2.50.